The van der Waals surface area contributed by atoms with Gasteiger partial charge in [-0.3, -0.25) is 0 Å². The van der Waals surface area contributed by atoms with Crippen LogP contribution in [0.1, 0.15) is 62.4 Å². The molecule has 0 aliphatic carbocycles. The van der Waals surface area contributed by atoms with E-state index in [-0.39, 0.29) is 5.41 Å². The third-order valence-corrected chi connectivity index (χ3v) is 7.96. The highest BCUT2D eigenvalue weighted by atomic mass is 16.5. The van der Waals surface area contributed by atoms with E-state index < -0.39 is 5.41 Å². The lowest BCUT2D eigenvalue weighted by molar-refractivity contribution is 0.352. The molecule has 4 aromatic rings. The molecule has 0 spiro atoms. The summed E-state index contributed by atoms with van der Waals surface area (Å²) >= 11 is 0. The molecule has 3 heteroatoms. The van der Waals surface area contributed by atoms with Gasteiger partial charge < -0.3 is 14.2 Å². The van der Waals surface area contributed by atoms with Crippen LogP contribution in [0.2, 0.25) is 0 Å². The molecule has 0 saturated heterocycles. The Bertz CT molecular complexity index is 1460. The average molecular weight is 573 g/mol. The van der Waals surface area contributed by atoms with E-state index in [2.05, 4.69) is 101 Å². The molecule has 3 nitrogen and oxygen atoms in total. The minimum absolute atomic E-state index is 0.184. The molecule has 0 bridgehead atoms. The zero-order valence-electron chi connectivity index (χ0n) is 26.3. The van der Waals surface area contributed by atoms with Gasteiger partial charge in [0.05, 0.1) is 0 Å². The Balaban J connectivity index is 1.69. The Morgan fingerprint density at radius 2 is 0.837 bits per heavy atom. The number of hydrogen-bond donors (Lipinski definition) is 0. The van der Waals surface area contributed by atoms with Gasteiger partial charge in [-0.1, -0.05) is 100 Å². The second-order valence-corrected chi connectivity index (χ2v) is 12.0. The lowest BCUT2D eigenvalue weighted by Crippen LogP contribution is -2.26. The lowest BCUT2D eigenvalue weighted by Gasteiger charge is -2.33. The fourth-order valence-electron chi connectivity index (χ4n) is 5.19. The molecule has 0 saturated carbocycles. The third-order valence-electron chi connectivity index (χ3n) is 7.96. The van der Waals surface area contributed by atoms with Crippen LogP contribution in [-0.2, 0) is 10.8 Å². The largest absolute Gasteiger partial charge is 0.490 e. The Morgan fingerprint density at radius 1 is 0.535 bits per heavy atom. The van der Waals surface area contributed by atoms with Gasteiger partial charge in [0.15, 0.2) is 0 Å². The van der Waals surface area contributed by atoms with Crippen molar-refractivity contribution in [3.63, 3.8) is 0 Å². The van der Waals surface area contributed by atoms with E-state index in [0.29, 0.717) is 19.8 Å². The first-order chi connectivity index (χ1) is 20.5. The standard InChI is InChI=1S/C40H44O3/c1-9-26-41-36-20-14-32(15-21-36)39(6,7)31-10-12-33(13-11-31)40(8,34-16-22-37(23-17-34)42-27-29(2)3)35-18-24-38(25-19-35)43-28-30(4)5/h9-25H,1-2,4,26-28H2,3,5-8H3. The smallest absolute Gasteiger partial charge is 0.119 e. The van der Waals surface area contributed by atoms with Crippen molar-refractivity contribution >= 4 is 0 Å². The molecule has 0 fully saturated rings. The Kier molecular flexibility index (Phi) is 9.98. The van der Waals surface area contributed by atoms with Gasteiger partial charge in [0, 0.05) is 10.8 Å². The first-order valence-electron chi connectivity index (χ1n) is 14.7. The fourth-order valence-corrected chi connectivity index (χ4v) is 5.19. The summed E-state index contributed by atoms with van der Waals surface area (Å²) in [5, 5.41) is 0. The molecule has 0 aromatic heterocycles. The van der Waals surface area contributed by atoms with E-state index in [0.717, 1.165) is 28.4 Å². The molecule has 222 valence electrons. The summed E-state index contributed by atoms with van der Waals surface area (Å²) < 4.78 is 17.5. The van der Waals surface area contributed by atoms with Gasteiger partial charge in [-0.15, -0.1) is 0 Å². The van der Waals surface area contributed by atoms with Gasteiger partial charge in [-0.2, -0.15) is 0 Å². The third kappa shape index (κ3) is 7.48. The van der Waals surface area contributed by atoms with Gasteiger partial charge in [-0.05, 0) is 96.1 Å². The van der Waals surface area contributed by atoms with Crippen molar-refractivity contribution in [3.05, 3.63) is 162 Å². The van der Waals surface area contributed by atoms with Gasteiger partial charge in [0.2, 0.25) is 0 Å². The molecule has 4 aromatic carbocycles. The molecule has 0 N–H and O–H groups in total. The van der Waals surface area contributed by atoms with Crippen LogP contribution >= 0.6 is 0 Å². The maximum atomic E-state index is 5.89. The molecule has 0 heterocycles. The summed E-state index contributed by atoms with van der Waals surface area (Å²) in [5.41, 5.74) is 7.40. The summed E-state index contributed by atoms with van der Waals surface area (Å²) in [5.74, 6) is 2.50. The lowest BCUT2D eigenvalue weighted by atomic mass is 9.70. The second-order valence-electron chi connectivity index (χ2n) is 12.0. The van der Waals surface area contributed by atoms with E-state index in [1.165, 1.54) is 27.8 Å². The number of rotatable bonds is 14. The van der Waals surface area contributed by atoms with Crippen LogP contribution in [0.15, 0.2) is 134 Å². The zero-order valence-corrected chi connectivity index (χ0v) is 26.3. The SMILES string of the molecule is C=CCOc1ccc(C(C)(C)c2ccc(C(C)(c3ccc(OCC(=C)C)cc3)c3ccc(OCC(=C)C)cc3)cc2)cc1. The first-order valence-corrected chi connectivity index (χ1v) is 14.7. The maximum absolute atomic E-state index is 5.89. The molecule has 0 radical (unpaired) electrons. The second kappa shape index (κ2) is 13.6. The van der Waals surface area contributed by atoms with Crippen LogP contribution in [0, 0.1) is 0 Å². The predicted octanol–water partition coefficient (Wildman–Crippen LogP) is 9.84. The van der Waals surface area contributed by atoms with Crippen LogP contribution in [0.5, 0.6) is 17.2 Å². The molecule has 4 rings (SSSR count). The van der Waals surface area contributed by atoms with Gasteiger partial charge in [0.25, 0.3) is 0 Å². The summed E-state index contributed by atoms with van der Waals surface area (Å²) in [6.45, 7) is 23.9. The molecular formula is C40H44O3. The maximum Gasteiger partial charge on any atom is 0.119 e. The molecule has 0 atom stereocenters. The first kappa shape index (κ1) is 31.4. The van der Waals surface area contributed by atoms with Crippen molar-refractivity contribution in [2.45, 2.75) is 45.4 Å². The molecule has 0 unspecified atom stereocenters. The quantitative estimate of drug-likeness (QED) is 0.111. The summed E-state index contributed by atoms with van der Waals surface area (Å²) in [4.78, 5) is 0. The highest BCUT2D eigenvalue weighted by molar-refractivity contribution is 5.53. The van der Waals surface area contributed by atoms with Crippen molar-refractivity contribution in [1.29, 1.82) is 0 Å². The Labute approximate surface area is 258 Å². The minimum atomic E-state index is -0.410. The summed E-state index contributed by atoms with van der Waals surface area (Å²) in [7, 11) is 0. The summed E-state index contributed by atoms with van der Waals surface area (Å²) in [6, 6.07) is 34.2. The van der Waals surface area contributed by atoms with Crippen LogP contribution < -0.4 is 14.2 Å². The molecule has 0 aliphatic rings. The fraction of sp³-hybridized carbons (Fsp3) is 0.250. The number of ether oxygens (including phenoxy) is 3. The molecule has 0 amide bonds. The van der Waals surface area contributed by atoms with Gasteiger partial charge in [-0.25, -0.2) is 0 Å². The minimum Gasteiger partial charge on any atom is -0.490 e. The van der Waals surface area contributed by atoms with Crippen molar-refractivity contribution in [1.82, 2.24) is 0 Å². The Morgan fingerprint density at radius 3 is 1.19 bits per heavy atom. The highest BCUT2D eigenvalue weighted by Crippen LogP contribution is 2.41. The number of hydrogen-bond acceptors (Lipinski definition) is 3. The molecule has 43 heavy (non-hydrogen) atoms. The van der Waals surface area contributed by atoms with E-state index >= 15 is 0 Å². The van der Waals surface area contributed by atoms with Crippen LogP contribution in [-0.4, -0.2) is 19.8 Å². The average Bonchev–Trinajstić information content (AvgIpc) is 3.02. The van der Waals surface area contributed by atoms with Crippen LogP contribution in [0.25, 0.3) is 0 Å². The van der Waals surface area contributed by atoms with E-state index in [1.54, 1.807) is 6.08 Å². The topological polar surface area (TPSA) is 27.7 Å². The van der Waals surface area contributed by atoms with Crippen LogP contribution in [0.4, 0.5) is 0 Å². The van der Waals surface area contributed by atoms with Crippen molar-refractivity contribution < 1.29 is 14.2 Å². The van der Waals surface area contributed by atoms with E-state index in [1.807, 2.05) is 50.2 Å². The van der Waals surface area contributed by atoms with Gasteiger partial charge >= 0.3 is 0 Å². The zero-order chi connectivity index (χ0) is 31.0. The molecule has 0 aliphatic heterocycles. The highest BCUT2D eigenvalue weighted by Gasteiger charge is 2.32. The Hall–Kier alpha value is -4.50. The van der Waals surface area contributed by atoms with E-state index in [4.69, 9.17) is 14.2 Å². The normalized spacial score (nSPS) is 11.5. The predicted molar refractivity (Wildman–Crippen MR) is 180 cm³/mol. The van der Waals surface area contributed by atoms with E-state index in [9.17, 15) is 0 Å². The summed E-state index contributed by atoms with van der Waals surface area (Å²) in [6.07, 6.45) is 1.75. The van der Waals surface area contributed by atoms with Crippen molar-refractivity contribution in [3.8, 4) is 17.2 Å². The van der Waals surface area contributed by atoms with Gasteiger partial charge in [0.1, 0.15) is 37.1 Å². The van der Waals surface area contributed by atoms with Crippen molar-refractivity contribution in [2.75, 3.05) is 19.8 Å². The number of benzene rings is 4. The van der Waals surface area contributed by atoms with Crippen LogP contribution in [0.3, 0.4) is 0 Å². The molecular weight excluding hydrogens is 528 g/mol. The monoisotopic (exact) mass is 572 g/mol. The van der Waals surface area contributed by atoms with Crippen molar-refractivity contribution in [2.24, 2.45) is 0 Å².